The van der Waals surface area contributed by atoms with Crippen molar-refractivity contribution in [1.29, 1.82) is 0 Å². The topological polar surface area (TPSA) is 93.7 Å². The van der Waals surface area contributed by atoms with Crippen LogP contribution in [-0.4, -0.2) is 30.5 Å². The Morgan fingerprint density at radius 3 is 2.24 bits per heavy atom. The number of amides is 2. The number of anilines is 2. The monoisotopic (exact) mass is 528 g/mol. The molecular weight excluding hydrogens is 500 g/mol. The first-order chi connectivity index (χ1) is 18.4. The van der Waals surface area contributed by atoms with Crippen LogP contribution in [-0.2, 0) is 9.53 Å². The molecule has 7 nitrogen and oxygen atoms in total. The van der Waals surface area contributed by atoms with Crippen LogP contribution in [0.25, 0.3) is 11.1 Å². The lowest BCUT2D eigenvalue weighted by Crippen LogP contribution is -2.30. The number of ether oxygens (including phenoxy) is 2. The van der Waals surface area contributed by atoms with Gasteiger partial charge in [-0.15, -0.1) is 11.3 Å². The Bertz CT molecular complexity index is 1410. The van der Waals surface area contributed by atoms with E-state index >= 15 is 0 Å². The van der Waals surface area contributed by atoms with Crippen molar-refractivity contribution in [3.05, 3.63) is 101 Å². The van der Waals surface area contributed by atoms with Gasteiger partial charge in [0, 0.05) is 22.2 Å². The molecule has 8 heteroatoms. The van der Waals surface area contributed by atoms with Crippen LogP contribution in [0.1, 0.15) is 40.1 Å². The van der Waals surface area contributed by atoms with Crippen LogP contribution in [0.3, 0.4) is 0 Å². The largest absolute Gasteiger partial charge is 0.481 e. The molecule has 0 saturated heterocycles. The molecule has 0 radical (unpaired) electrons. The third-order valence-electron chi connectivity index (χ3n) is 5.70. The summed E-state index contributed by atoms with van der Waals surface area (Å²) in [5.41, 5.74) is 4.05. The zero-order valence-corrected chi connectivity index (χ0v) is 22.1. The number of benzene rings is 3. The molecule has 1 atom stereocenters. The molecule has 4 aromatic rings. The minimum absolute atomic E-state index is 0.221. The second kappa shape index (κ2) is 12.2. The van der Waals surface area contributed by atoms with Crippen LogP contribution < -0.4 is 15.4 Å². The van der Waals surface area contributed by atoms with Gasteiger partial charge in [-0.2, -0.15) is 0 Å². The second-order valence-electron chi connectivity index (χ2n) is 8.53. The molecule has 3 aromatic carbocycles. The number of nitrogens with one attached hydrogen (secondary N) is 2. The summed E-state index contributed by atoms with van der Waals surface area (Å²) >= 11 is 1.27. The Labute approximate surface area is 225 Å². The number of rotatable bonds is 9. The van der Waals surface area contributed by atoms with Gasteiger partial charge in [-0.1, -0.05) is 48.0 Å². The Hall–Kier alpha value is -4.43. The van der Waals surface area contributed by atoms with Crippen molar-refractivity contribution in [2.24, 2.45) is 0 Å². The van der Waals surface area contributed by atoms with Gasteiger partial charge in [0.1, 0.15) is 16.3 Å². The SMILES string of the molecule is CCOC(=O)c1c(-c2ccc(C)cc2)csc1NC(=O)c1ccc(O[C@@H](C)C(=O)Nc2ccccc2)cc1. The van der Waals surface area contributed by atoms with Gasteiger partial charge in [0.25, 0.3) is 11.8 Å². The van der Waals surface area contributed by atoms with Crippen LogP contribution in [0.2, 0.25) is 0 Å². The highest BCUT2D eigenvalue weighted by molar-refractivity contribution is 7.15. The Kier molecular flexibility index (Phi) is 8.55. The Balaban J connectivity index is 1.45. The maximum absolute atomic E-state index is 13.0. The van der Waals surface area contributed by atoms with Gasteiger partial charge in [-0.3, -0.25) is 9.59 Å². The van der Waals surface area contributed by atoms with Crippen molar-refractivity contribution < 1.29 is 23.9 Å². The lowest BCUT2D eigenvalue weighted by atomic mass is 10.0. The normalized spacial score (nSPS) is 11.3. The number of carbonyl (C=O) groups excluding carboxylic acids is 3. The van der Waals surface area contributed by atoms with Gasteiger partial charge in [-0.05, 0) is 62.7 Å². The maximum atomic E-state index is 13.0. The van der Waals surface area contributed by atoms with Gasteiger partial charge in [0.05, 0.1) is 6.61 Å². The first-order valence-corrected chi connectivity index (χ1v) is 13.0. The van der Waals surface area contributed by atoms with E-state index in [1.807, 2.05) is 54.8 Å². The minimum Gasteiger partial charge on any atom is -0.481 e. The number of hydrogen-bond donors (Lipinski definition) is 2. The van der Waals surface area contributed by atoms with Crippen molar-refractivity contribution in [3.63, 3.8) is 0 Å². The summed E-state index contributed by atoms with van der Waals surface area (Å²) in [6.45, 7) is 5.60. The Morgan fingerprint density at radius 1 is 0.895 bits per heavy atom. The second-order valence-corrected chi connectivity index (χ2v) is 9.41. The zero-order chi connectivity index (χ0) is 27.1. The van der Waals surface area contributed by atoms with E-state index in [0.717, 1.165) is 11.1 Å². The predicted molar refractivity (Wildman–Crippen MR) is 150 cm³/mol. The molecule has 0 aliphatic carbocycles. The number of aryl methyl sites for hydroxylation is 1. The van der Waals surface area contributed by atoms with Crippen LogP contribution in [0, 0.1) is 6.92 Å². The van der Waals surface area contributed by atoms with Crippen LogP contribution in [0.4, 0.5) is 10.7 Å². The molecule has 0 spiro atoms. The van der Waals surface area contributed by atoms with Crippen molar-refractivity contribution in [3.8, 4) is 16.9 Å². The minimum atomic E-state index is -0.742. The van der Waals surface area contributed by atoms with E-state index in [2.05, 4.69) is 10.6 Å². The highest BCUT2D eigenvalue weighted by Gasteiger charge is 2.23. The molecule has 4 rings (SSSR count). The Morgan fingerprint density at radius 2 is 1.58 bits per heavy atom. The summed E-state index contributed by atoms with van der Waals surface area (Å²) in [6.07, 6.45) is -0.742. The molecule has 2 amide bonds. The quantitative estimate of drug-likeness (QED) is 0.240. The highest BCUT2D eigenvalue weighted by Crippen LogP contribution is 2.36. The van der Waals surface area contributed by atoms with Gasteiger partial charge in [0.15, 0.2) is 6.10 Å². The third-order valence-corrected chi connectivity index (χ3v) is 6.60. The molecule has 0 fully saturated rings. The molecule has 0 bridgehead atoms. The fourth-order valence-electron chi connectivity index (χ4n) is 3.68. The fourth-order valence-corrected chi connectivity index (χ4v) is 4.64. The number of hydrogen-bond acceptors (Lipinski definition) is 6. The van der Waals surface area contributed by atoms with Crippen LogP contribution >= 0.6 is 11.3 Å². The number of carbonyl (C=O) groups is 3. The number of esters is 1. The van der Waals surface area contributed by atoms with Crippen molar-refractivity contribution in [2.45, 2.75) is 26.9 Å². The molecule has 1 aromatic heterocycles. The smallest absolute Gasteiger partial charge is 0.341 e. The molecule has 0 unspecified atom stereocenters. The maximum Gasteiger partial charge on any atom is 0.341 e. The first-order valence-electron chi connectivity index (χ1n) is 12.2. The molecule has 38 heavy (non-hydrogen) atoms. The van der Waals surface area contributed by atoms with Gasteiger partial charge in [-0.25, -0.2) is 4.79 Å². The third kappa shape index (κ3) is 6.46. The van der Waals surface area contributed by atoms with Crippen LogP contribution in [0.15, 0.2) is 84.2 Å². The van der Waals surface area contributed by atoms with Gasteiger partial charge < -0.3 is 20.1 Å². The average molecular weight is 529 g/mol. The molecule has 0 aliphatic rings. The molecule has 0 aliphatic heterocycles. The molecule has 2 N–H and O–H groups in total. The summed E-state index contributed by atoms with van der Waals surface area (Å²) in [4.78, 5) is 38.2. The van der Waals surface area contributed by atoms with E-state index in [9.17, 15) is 14.4 Å². The summed E-state index contributed by atoms with van der Waals surface area (Å²) in [5, 5.41) is 7.89. The van der Waals surface area contributed by atoms with Crippen molar-refractivity contribution in [2.75, 3.05) is 17.2 Å². The van der Waals surface area contributed by atoms with E-state index in [1.54, 1.807) is 50.2 Å². The first kappa shape index (κ1) is 26.6. The lowest BCUT2D eigenvalue weighted by molar-refractivity contribution is -0.122. The molecule has 1 heterocycles. The summed E-state index contributed by atoms with van der Waals surface area (Å²) in [7, 11) is 0. The molecular formula is C30H28N2O5S. The molecule has 194 valence electrons. The fraction of sp³-hybridized carbons (Fsp3) is 0.167. The van der Waals surface area contributed by atoms with Crippen molar-refractivity contribution in [1.82, 2.24) is 0 Å². The molecule has 0 saturated carbocycles. The van der Waals surface area contributed by atoms with Gasteiger partial charge >= 0.3 is 5.97 Å². The van der Waals surface area contributed by atoms with E-state index in [0.29, 0.717) is 33.1 Å². The number of para-hydroxylation sites is 1. The summed E-state index contributed by atoms with van der Waals surface area (Å²) in [6, 6.07) is 23.4. The van der Waals surface area contributed by atoms with Crippen LogP contribution in [0.5, 0.6) is 5.75 Å². The van der Waals surface area contributed by atoms with Crippen molar-refractivity contribution >= 4 is 39.8 Å². The summed E-state index contributed by atoms with van der Waals surface area (Å²) < 4.78 is 11.0. The van der Waals surface area contributed by atoms with E-state index in [1.165, 1.54) is 11.3 Å². The predicted octanol–water partition coefficient (Wildman–Crippen LogP) is 6.56. The summed E-state index contributed by atoms with van der Waals surface area (Å²) in [5.74, 6) is -0.714. The van der Waals surface area contributed by atoms with E-state index in [4.69, 9.17) is 9.47 Å². The zero-order valence-electron chi connectivity index (χ0n) is 21.3. The standard InChI is InChI=1S/C30H28N2O5S/c1-4-36-30(35)26-25(21-12-10-19(2)11-13-21)18-38-29(26)32-28(34)22-14-16-24(17-15-22)37-20(3)27(33)31-23-8-6-5-7-9-23/h5-18,20H,4H2,1-3H3,(H,31,33)(H,32,34)/t20-/m0/s1. The van der Waals surface area contributed by atoms with E-state index in [-0.39, 0.29) is 18.4 Å². The average Bonchev–Trinajstić information content (AvgIpc) is 3.33. The van der Waals surface area contributed by atoms with Gasteiger partial charge in [0.2, 0.25) is 0 Å². The van der Waals surface area contributed by atoms with E-state index < -0.39 is 12.1 Å². The number of thiophene rings is 1. The highest BCUT2D eigenvalue weighted by atomic mass is 32.1. The lowest BCUT2D eigenvalue weighted by Gasteiger charge is -2.15.